The smallest absolute Gasteiger partial charge is 0.360 e. The monoisotopic (exact) mass is 409 g/mol. The SMILES string of the molecule is CCCCCCCCCCCCCCCCCC1=NC=C[N+]1(CCO)CC(=O)O. The van der Waals surface area contributed by atoms with E-state index in [9.17, 15) is 15.0 Å². The van der Waals surface area contributed by atoms with E-state index < -0.39 is 5.97 Å². The summed E-state index contributed by atoms with van der Waals surface area (Å²) in [5, 5.41) is 18.5. The number of nitrogens with zero attached hydrogens (tertiary/aromatic N) is 2. The first-order valence-corrected chi connectivity index (χ1v) is 12.1. The van der Waals surface area contributed by atoms with Crippen LogP contribution in [0.2, 0.25) is 0 Å². The largest absolute Gasteiger partial charge is 0.477 e. The molecule has 0 bridgehead atoms. The molecule has 0 aliphatic carbocycles. The Balaban J connectivity index is 1.98. The van der Waals surface area contributed by atoms with Crippen LogP contribution in [0.1, 0.15) is 110 Å². The molecule has 1 aliphatic rings. The second-order valence-corrected chi connectivity index (χ2v) is 8.58. The van der Waals surface area contributed by atoms with Crippen molar-refractivity contribution >= 4 is 11.8 Å². The summed E-state index contributed by atoms with van der Waals surface area (Å²) >= 11 is 0. The number of quaternary nitrogens is 1. The number of aliphatic imine (C=N–C) groups is 1. The van der Waals surface area contributed by atoms with E-state index in [1.54, 1.807) is 6.20 Å². The molecule has 1 heterocycles. The molecular formula is C24H45N2O3+. The lowest BCUT2D eigenvalue weighted by molar-refractivity contribution is -0.780. The number of carboxylic acids is 1. The van der Waals surface area contributed by atoms with Gasteiger partial charge < -0.3 is 10.2 Å². The van der Waals surface area contributed by atoms with Crippen LogP contribution in [0.5, 0.6) is 0 Å². The van der Waals surface area contributed by atoms with E-state index >= 15 is 0 Å². The fourth-order valence-electron chi connectivity index (χ4n) is 4.24. The van der Waals surface area contributed by atoms with Crippen LogP contribution in [-0.2, 0) is 4.79 Å². The Morgan fingerprint density at radius 3 is 1.79 bits per heavy atom. The van der Waals surface area contributed by atoms with Crippen molar-refractivity contribution in [3.63, 3.8) is 0 Å². The molecule has 1 unspecified atom stereocenters. The van der Waals surface area contributed by atoms with Crippen molar-refractivity contribution in [1.82, 2.24) is 0 Å². The maximum Gasteiger partial charge on any atom is 0.360 e. The third-order valence-electron chi connectivity index (χ3n) is 6.01. The molecule has 0 aromatic heterocycles. The number of rotatable bonds is 20. The highest BCUT2D eigenvalue weighted by Crippen LogP contribution is 2.21. The van der Waals surface area contributed by atoms with Crippen molar-refractivity contribution in [2.24, 2.45) is 4.99 Å². The number of aliphatic carboxylic acids is 1. The van der Waals surface area contributed by atoms with E-state index in [0.717, 1.165) is 18.7 Å². The molecule has 5 heteroatoms. The van der Waals surface area contributed by atoms with Crippen LogP contribution in [0.15, 0.2) is 17.4 Å². The van der Waals surface area contributed by atoms with Gasteiger partial charge >= 0.3 is 5.97 Å². The molecular weight excluding hydrogens is 364 g/mol. The highest BCUT2D eigenvalue weighted by Gasteiger charge is 2.36. The van der Waals surface area contributed by atoms with Gasteiger partial charge in [0.2, 0.25) is 5.84 Å². The van der Waals surface area contributed by atoms with Gasteiger partial charge in [-0.3, -0.25) is 0 Å². The van der Waals surface area contributed by atoms with E-state index in [1.165, 1.54) is 89.9 Å². The highest BCUT2D eigenvalue weighted by atomic mass is 16.4. The number of amidine groups is 1. The summed E-state index contributed by atoms with van der Waals surface area (Å²) in [5.41, 5.74) is 0. The Morgan fingerprint density at radius 2 is 1.34 bits per heavy atom. The van der Waals surface area contributed by atoms with E-state index in [4.69, 9.17) is 0 Å². The topological polar surface area (TPSA) is 69.9 Å². The average Bonchev–Trinajstić information content (AvgIpc) is 3.06. The van der Waals surface area contributed by atoms with Crippen LogP contribution >= 0.6 is 0 Å². The Morgan fingerprint density at radius 1 is 0.862 bits per heavy atom. The molecule has 0 saturated heterocycles. The summed E-state index contributed by atoms with van der Waals surface area (Å²) in [5.74, 6) is 0.0327. The molecule has 0 aromatic carbocycles. The van der Waals surface area contributed by atoms with Gasteiger partial charge in [0.1, 0.15) is 12.7 Å². The minimum atomic E-state index is -0.853. The number of carbonyl (C=O) groups is 1. The average molecular weight is 410 g/mol. The normalized spacial score (nSPS) is 18.3. The molecule has 0 saturated carbocycles. The lowest BCUT2D eigenvalue weighted by Crippen LogP contribution is -2.51. The summed E-state index contributed by atoms with van der Waals surface area (Å²) in [7, 11) is 0. The van der Waals surface area contributed by atoms with Crippen LogP contribution < -0.4 is 0 Å². The van der Waals surface area contributed by atoms with Crippen LogP contribution in [0.4, 0.5) is 0 Å². The molecule has 1 atom stereocenters. The number of unbranched alkanes of at least 4 members (excludes halogenated alkanes) is 14. The summed E-state index contributed by atoms with van der Waals surface area (Å²) in [4.78, 5) is 15.6. The van der Waals surface area contributed by atoms with Crippen LogP contribution in [-0.4, -0.2) is 46.2 Å². The summed E-state index contributed by atoms with van der Waals surface area (Å²) in [6, 6.07) is 0. The van der Waals surface area contributed by atoms with Gasteiger partial charge in [0.25, 0.3) is 0 Å². The minimum absolute atomic E-state index is 0.0322. The third-order valence-corrected chi connectivity index (χ3v) is 6.01. The Labute approximate surface area is 178 Å². The van der Waals surface area contributed by atoms with Crippen molar-refractivity contribution < 1.29 is 19.5 Å². The van der Waals surface area contributed by atoms with E-state index in [-0.39, 0.29) is 17.6 Å². The number of aliphatic hydroxyl groups excluding tert-OH is 1. The minimum Gasteiger partial charge on any atom is -0.477 e. The molecule has 0 radical (unpaired) electrons. The zero-order valence-electron chi connectivity index (χ0n) is 18.8. The van der Waals surface area contributed by atoms with Gasteiger partial charge in [0.05, 0.1) is 12.8 Å². The van der Waals surface area contributed by atoms with E-state index in [2.05, 4.69) is 11.9 Å². The number of carboxylic acid groups (broad SMARTS) is 1. The predicted octanol–water partition coefficient (Wildman–Crippen LogP) is 6.02. The van der Waals surface area contributed by atoms with Crippen molar-refractivity contribution in [1.29, 1.82) is 0 Å². The lowest BCUT2D eigenvalue weighted by atomic mass is 10.0. The summed E-state index contributed by atoms with van der Waals surface area (Å²) < 4.78 is 0.185. The van der Waals surface area contributed by atoms with Crippen LogP contribution in [0, 0.1) is 0 Å². The fraction of sp³-hybridized carbons (Fsp3) is 0.833. The molecule has 1 aliphatic heterocycles. The summed E-state index contributed by atoms with van der Waals surface area (Å²) in [6.07, 6.45) is 24.4. The van der Waals surface area contributed by atoms with Gasteiger partial charge in [-0.15, -0.1) is 0 Å². The maximum absolute atomic E-state index is 11.2. The van der Waals surface area contributed by atoms with Crippen molar-refractivity contribution in [3.8, 4) is 0 Å². The molecule has 5 nitrogen and oxygen atoms in total. The van der Waals surface area contributed by atoms with Gasteiger partial charge in [0.15, 0.2) is 6.54 Å². The molecule has 29 heavy (non-hydrogen) atoms. The second-order valence-electron chi connectivity index (χ2n) is 8.58. The van der Waals surface area contributed by atoms with Crippen molar-refractivity contribution in [2.45, 2.75) is 110 Å². The number of aliphatic hydroxyl groups is 1. The maximum atomic E-state index is 11.2. The van der Waals surface area contributed by atoms with E-state index in [1.807, 2.05) is 6.20 Å². The van der Waals surface area contributed by atoms with Gasteiger partial charge in [-0.1, -0.05) is 96.8 Å². The third kappa shape index (κ3) is 11.5. The first-order chi connectivity index (χ1) is 14.1. The second kappa shape index (κ2) is 16.6. The number of hydrogen-bond donors (Lipinski definition) is 2. The van der Waals surface area contributed by atoms with Crippen LogP contribution in [0.3, 0.4) is 0 Å². The molecule has 0 aromatic rings. The zero-order chi connectivity index (χ0) is 21.2. The lowest BCUT2D eigenvalue weighted by Gasteiger charge is -2.30. The van der Waals surface area contributed by atoms with Gasteiger partial charge in [-0.05, 0) is 6.42 Å². The Hall–Kier alpha value is -1.20. The molecule has 0 spiro atoms. The molecule has 0 fully saturated rings. The van der Waals surface area contributed by atoms with Crippen molar-refractivity contribution in [2.75, 3.05) is 19.7 Å². The van der Waals surface area contributed by atoms with Crippen molar-refractivity contribution in [3.05, 3.63) is 12.4 Å². The quantitative estimate of drug-likeness (QED) is 0.191. The van der Waals surface area contributed by atoms with Gasteiger partial charge in [-0.25, -0.2) is 14.3 Å². The summed E-state index contributed by atoms with van der Waals surface area (Å²) in [6.45, 7) is 2.59. The van der Waals surface area contributed by atoms with Crippen LogP contribution in [0.25, 0.3) is 0 Å². The highest BCUT2D eigenvalue weighted by molar-refractivity contribution is 5.81. The van der Waals surface area contributed by atoms with E-state index in [0.29, 0.717) is 6.54 Å². The molecule has 168 valence electrons. The predicted molar refractivity (Wildman–Crippen MR) is 121 cm³/mol. The van der Waals surface area contributed by atoms with Gasteiger partial charge in [-0.2, -0.15) is 0 Å². The zero-order valence-corrected chi connectivity index (χ0v) is 18.8. The standard InChI is InChI=1S/C24H44N2O3/c1-2-3-4-5-6-7-8-9-10-11-12-13-14-15-16-17-23-25-18-19-26(23,20-21-27)22-24(28)29/h18-19,27H,2-17,20-22H2,1H3/p+1. The van der Waals surface area contributed by atoms with Gasteiger partial charge in [0, 0.05) is 6.42 Å². The molecule has 0 amide bonds. The Kier molecular flexibility index (Phi) is 14.8. The molecule has 2 N–H and O–H groups in total. The molecule has 1 rings (SSSR count). The first kappa shape index (κ1) is 25.8. The number of hydrogen-bond acceptors (Lipinski definition) is 3. The first-order valence-electron chi connectivity index (χ1n) is 12.1. The Bertz CT molecular complexity index is 491. The fourth-order valence-corrected chi connectivity index (χ4v) is 4.24.